The lowest BCUT2D eigenvalue weighted by Crippen LogP contribution is -2.22. The molecule has 1 saturated heterocycles. The van der Waals surface area contributed by atoms with Crippen LogP contribution in [0.3, 0.4) is 0 Å². The highest BCUT2D eigenvalue weighted by Crippen LogP contribution is 2.28. The average Bonchev–Trinajstić information content (AvgIpc) is 2.99. The maximum atomic E-state index is 11.2. The van der Waals surface area contributed by atoms with E-state index in [4.69, 9.17) is 0 Å². The zero-order valence-corrected chi connectivity index (χ0v) is 8.40. The van der Waals surface area contributed by atoms with Crippen molar-refractivity contribution < 1.29 is 4.79 Å². The van der Waals surface area contributed by atoms with Crippen LogP contribution in [-0.4, -0.2) is 23.1 Å². The first kappa shape index (κ1) is 9.06. The molecule has 2 rings (SSSR count). The summed E-state index contributed by atoms with van der Waals surface area (Å²) in [5, 5.41) is 4.15. The van der Waals surface area contributed by atoms with Gasteiger partial charge in [-0.3, -0.25) is 4.79 Å². The second kappa shape index (κ2) is 4.13. The monoisotopic (exact) mass is 198 g/mol. The molecule has 2 aliphatic rings. The molecule has 0 aromatic rings. The van der Waals surface area contributed by atoms with Crippen molar-refractivity contribution >= 4 is 23.4 Å². The highest BCUT2D eigenvalue weighted by Gasteiger charge is 2.29. The number of hydrazone groups is 1. The Kier molecular flexibility index (Phi) is 2.88. The normalized spacial score (nSPS) is 22.6. The standard InChI is InChI=1S/C9H14N2OS/c12-9(7-1-2-7)11-10-8-3-5-13-6-4-8/h7H,1-6H2,(H,11,12). The van der Waals surface area contributed by atoms with Crippen molar-refractivity contribution in [2.75, 3.05) is 11.5 Å². The number of hydrogen-bond acceptors (Lipinski definition) is 3. The lowest BCUT2D eigenvalue weighted by atomic mass is 10.2. The van der Waals surface area contributed by atoms with Gasteiger partial charge in [0.1, 0.15) is 0 Å². The van der Waals surface area contributed by atoms with Crippen LogP contribution in [0.25, 0.3) is 0 Å². The molecule has 13 heavy (non-hydrogen) atoms. The van der Waals surface area contributed by atoms with E-state index in [1.165, 1.54) is 0 Å². The molecule has 0 atom stereocenters. The molecule has 2 fully saturated rings. The Balaban J connectivity index is 1.77. The van der Waals surface area contributed by atoms with Gasteiger partial charge in [0.25, 0.3) is 0 Å². The summed E-state index contributed by atoms with van der Waals surface area (Å²) in [6, 6.07) is 0. The third-order valence-electron chi connectivity index (χ3n) is 2.34. The number of rotatable bonds is 2. The Labute approximate surface area is 82.3 Å². The minimum atomic E-state index is 0.116. The maximum Gasteiger partial charge on any atom is 0.243 e. The summed E-state index contributed by atoms with van der Waals surface area (Å²) >= 11 is 1.96. The van der Waals surface area contributed by atoms with E-state index < -0.39 is 0 Å². The largest absolute Gasteiger partial charge is 0.273 e. The van der Waals surface area contributed by atoms with Gasteiger partial charge in [0.05, 0.1) is 0 Å². The van der Waals surface area contributed by atoms with E-state index in [9.17, 15) is 4.79 Å². The SMILES string of the molecule is O=C(NN=C1CCSCC1)C1CC1. The zero-order valence-electron chi connectivity index (χ0n) is 7.58. The smallest absolute Gasteiger partial charge is 0.243 e. The molecule has 72 valence electrons. The summed E-state index contributed by atoms with van der Waals surface area (Å²) in [7, 11) is 0. The van der Waals surface area contributed by atoms with E-state index in [2.05, 4.69) is 10.5 Å². The molecule has 1 aliphatic carbocycles. The second-order valence-corrected chi connectivity index (χ2v) is 4.77. The molecule has 1 heterocycles. The highest BCUT2D eigenvalue weighted by atomic mass is 32.2. The molecule has 0 aromatic heterocycles. The van der Waals surface area contributed by atoms with Crippen LogP contribution in [0.5, 0.6) is 0 Å². The van der Waals surface area contributed by atoms with Crippen molar-refractivity contribution in [3.8, 4) is 0 Å². The fourth-order valence-electron chi connectivity index (χ4n) is 1.29. The van der Waals surface area contributed by atoms with Crippen LogP contribution in [0.2, 0.25) is 0 Å². The van der Waals surface area contributed by atoms with Gasteiger partial charge in [0.15, 0.2) is 0 Å². The van der Waals surface area contributed by atoms with Crippen LogP contribution in [0.4, 0.5) is 0 Å². The number of carbonyl (C=O) groups is 1. The van der Waals surface area contributed by atoms with Crippen molar-refractivity contribution in [2.45, 2.75) is 25.7 Å². The summed E-state index contributed by atoms with van der Waals surface area (Å²) in [6.45, 7) is 0. The van der Waals surface area contributed by atoms with Crippen molar-refractivity contribution in [1.82, 2.24) is 5.43 Å². The molecule has 0 radical (unpaired) electrons. The van der Waals surface area contributed by atoms with E-state index in [1.807, 2.05) is 11.8 Å². The van der Waals surface area contributed by atoms with E-state index in [0.29, 0.717) is 0 Å². The van der Waals surface area contributed by atoms with Crippen LogP contribution >= 0.6 is 11.8 Å². The van der Waals surface area contributed by atoms with Gasteiger partial charge in [-0.2, -0.15) is 16.9 Å². The molecule has 1 amide bonds. The molecule has 4 heteroatoms. The predicted octanol–water partition coefficient (Wildman–Crippen LogP) is 1.40. The topological polar surface area (TPSA) is 41.5 Å². The lowest BCUT2D eigenvalue weighted by molar-refractivity contribution is -0.122. The van der Waals surface area contributed by atoms with Gasteiger partial charge in [-0.1, -0.05) is 0 Å². The molecule has 0 spiro atoms. The van der Waals surface area contributed by atoms with Gasteiger partial charge in [0.2, 0.25) is 5.91 Å². The molecule has 0 unspecified atom stereocenters. The number of thioether (sulfide) groups is 1. The summed E-state index contributed by atoms with van der Waals surface area (Å²) in [5.74, 6) is 2.68. The molecular formula is C9H14N2OS. The maximum absolute atomic E-state index is 11.2. The molecule has 1 aliphatic heterocycles. The molecule has 0 aromatic carbocycles. The van der Waals surface area contributed by atoms with E-state index in [0.717, 1.165) is 42.9 Å². The van der Waals surface area contributed by atoms with E-state index >= 15 is 0 Å². The molecule has 0 bridgehead atoms. The average molecular weight is 198 g/mol. The summed E-state index contributed by atoms with van der Waals surface area (Å²) in [5.41, 5.74) is 3.81. The van der Waals surface area contributed by atoms with Crippen molar-refractivity contribution in [3.63, 3.8) is 0 Å². The predicted molar refractivity (Wildman–Crippen MR) is 54.9 cm³/mol. The van der Waals surface area contributed by atoms with E-state index in [1.54, 1.807) is 0 Å². The number of hydrogen-bond donors (Lipinski definition) is 1. The number of nitrogens with one attached hydrogen (secondary N) is 1. The van der Waals surface area contributed by atoms with Gasteiger partial charge in [-0.25, -0.2) is 5.43 Å². The number of carbonyl (C=O) groups excluding carboxylic acids is 1. The highest BCUT2D eigenvalue weighted by molar-refractivity contribution is 7.99. The first-order valence-corrected chi connectivity index (χ1v) is 5.95. The van der Waals surface area contributed by atoms with E-state index in [-0.39, 0.29) is 11.8 Å². The fraction of sp³-hybridized carbons (Fsp3) is 0.778. The minimum Gasteiger partial charge on any atom is -0.273 e. The minimum absolute atomic E-state index is 0.116. The Morgan fingerprint density at radius 3 is 2.69 bits per heavy atom. The summed E-state index contributed by atoms with van der Waals surface area (Å²) in [6.07, 6.45) is 4.17. The Hall–Kier alpha value is -0.510. The van der Waals surface area contributed by atoms with Gasteiger partial charge >= 0.3 is 0 Å². The van der Waals surface area contributed by atoms with Crippen molar-refractivity contribution in [3.05, 3.63) is 0 Å². The summed E-state index contributed by atoms with van der Waals surface area (Å²) < 4.78 is 0. The third-order valence-corrected chi connectivity index (χ3v) is 3.33. The Bertz CT molecular complexity index is 228. The fourth-order valence-corrected chi connectivity index (χ4v) is 2.25. The van der Waals surface area contributed by atoms with Gasteiger partial charge in [-0.05, 0) is 37.2 Å². The molecule has 3 nitrogen and oxygen atoms in total. The zero-order chi connectivity index (χ0) is 9.10. The number of nitrogens with zero attached hydrogens (tertiary/aromatic N) is 1. The number of amides is 1. The molecule has 1 N–H and O–H groups in total. The molecule has 1 saturated carbocycles. The van der Waals surface area contributed by atoms with Gasteiger partial charge < -0.3 is 0 Å². The Morgan fingerprint density at radius 2 is 2.08 bits per heavy atom. The first-order valence-electron chi connectivity index (χ1n) is 4.79. The lowest BCUT2D eigenvalue weighted by Gasteiger charge is -2.11. The van der Waals surface area contributed by atoms with Gasteiger partial charge in [-0.15, -0.1) is 0 Å². The van der Waals surface area contributed by atoms with Crippen molar-refractivity contribution in [2.24, 2.45) is 11.0 Å². The van der Waals surface area contributed by atoms with Crippen LogP contribution in [0, 0.1) is 5.92 Å². The molecular weight excluding hydrogens is 184 g/mol. The van der Waals surface area contributed by atoms with Crippen molar-refractivity contribution in [1.29, 1.82) is 0 Å². The second-order valence-electron chi connectivity index (χ2n) is 3.54. The first-order chi connectivity index (χ1) is 6.36. The van der Waals surface area contributed by atoms with Gasteiger partial charge in [0, 0.05) is 11.6 Å². The summed E-state index contributed by atoms with van der Waals surface area (Å²) in [4.78, 5) is 11.2. The van der Waals surface area contributed by atoms with Crippen LogP contribution in [0.1, 0.15) is 25.7 Å². The van der Waals surface area contributed by atoms with Crippen LogP contribution < -0.4 is 5.43 Å². The third kappa shape index (κ3) is 2.72. The van der Waals surface area contributed by atoms with Crippen LogP contribution in [0.15, 0.2) is 5.10 Å². The Morgan fingerprint density at radius 1 is 1.38 bits per heavy atom. The quantitative estimate of drug-likeness (QED) is 0.681. The van der Waals surface area contributed by atoms with Crippen LogP contribution in [-0.2, 0) is 4.79 Å².